The third-order valence-corrected chi connectivity index (χ3v) is 4.88. The van der Waals surface area contributed by atoms with Crippen LogP contribution in [0.2, 0.25) is 0 Å². The van der Waals surface area contributed by atoms with Crippen LogP contribution >= 0.6 is 0 Å². The molecule has 1 aromatic heterocycles. The SMILES string of the molecule is COC(=O)c1cccc2c1CN(Cc1nnc(-c3ccc(C)cc3)o1)CC2. The van der Waals surface area contributed by atoms with E-state index in [2.05, 4.69) is 21.2 Å². The van der Waals surface area contributed by atoms with Gasteiger partial charge in [0.25, 0.3) is 0 Å². The van der Waals surface area contributed by atoms with Crippen LogP contribution in [0.4, 0.5) is 0 Å². The van der Waals surface area contributed by atoms with Gasteiger partial charge >= 0.3 is 5.97 Å². The van der Waals surface area contributed by atoms with Gasteiger partial charge in [-0.3, -0.25) is 4.90 Å². The minimum atomic E-state index is -0.298. The lowest BCUT2D eigenvalue weighted by Gasteiger charge is -2.28. The van der Waals surface area contributed by atoms with Crippen molar-refractivity contribution in [3.8, 4) is 11.5 Å². The topological polar surface area (TPSA) is 68.5 Å². The van der Waals surface area contributed by atoms with Crippen molar-refractivity contribution in [2.45, 2.75) is 26.4 Å². The van der Waals surface area contributed by atoms with Crippen molar-refractivity contribution in [2.24, 2.45) is 0 Å². The molecule has 0 atom stereocenters. The van der Waals surface area contributed by atoms with E-state index >= 15 is 0 Å². The summed E-state index contributed by atoms with van der Waals surface area (Å²) in [6.07, 6.45) is 0.874. The summed E-state index contributed by atoms with van der Waals surface area (Å²) in [4.78, 5) is 14.3. The number of benzene rings is 2. The number of methoxy groups -OCH3 is 1. The van der Waals surface area contributed by atoms with Crippen LogP contribution in [0.5, 0.6) is 0 Å². The van der Waals surface area contributed by atoms with Crippen molar-refractivity contribution < 1.29 is 13.9 Å². The number of aryl methyl sites for hydroxylation is 1. The van der Waals surface area contributed by atoms with Gasteiger partial charge in [-0.1, -0.05) is 29.8 Å². The fraction of sp³-hybridized carbons (Fsp3) is 0.286. The Hall–Kier alpha value is -2.99. The number of rotatable bonds is 4. The molecule has 4 rings (SSSR count). The zero-order valence-electron chi connectivity index (χ0n) is 15.4. The number of carbonyl (C=O) groups is 1. The van der Waals surface area contributed by atoms with E-state index in [1.165, 1.54) is 18.2 Å². The highest BCUT2D eigenvalue weighted by Crippen LogP contribution is 2.25. The quantitative estimate of drug-likeness (QED) is 0.662. The largest absolute Gasteiger partial charge is 0.465 e. The third kappa shape index (κ3) is 3.61. The predicted octanol–water partition coefficient (Wildman–Crippen LogP) is 3.39. The zero-order chi connectivity index (χ0) is 18.8. The van der Waals surface area contributed by atoms with E-state index < -0.39 is 0 Å². The first-order valence-corrected chi connectivity index (χ1v) is 8.95. The molecule has 0 N–H and O–H groups in total. The Balaban J connectivity index is 1.51. The fourth-order valence-corrected chi connectivity index (χ4v) is 3.39. The minimum absolute atomic E-state index is 0.298. The smallest absolute Gasteiger partial charge is 0.338 e. The van der Waals surface area contributed by atoms with Crippen LogP contribution in [0.15, 0.2) is 46.9 Å². The van der Waals surface area contributed by atoms with Crippen LogP contribution < -0.4 is 0 Å². The molecule has 0 saturated heterocycles. The molecule has 1 aliphatic rings. The predicted molar refractivity (Wildman–Crippen MR) is 100 cm³/mol. The van der Waals surface area contributed by atoms with Gasteiger partial charge in [0.05, 0.1) is 19.2 Å². The molecule has 138 valence electrons. The Bertz CT molecular complexity index is 963. The molecule has 0 fully saturated rings. The molecular formula is C21H21N3O3. The van der Waals surface area contributed by atoms with Crippen molar-refractivity contribution in [2.75, 3.05) is 13.7 Å². The summed E-state index contributed by atoms with van der Waals surface area (Å²) in [6, 6.07) is 13.8. The van der Waals surface area contributed by atoms with Crippen molar-refractivity contribution in [1.29, 1.82) is 0 Å². The van der Waals surface area contributed by atoms with Gasteiger partial charge in [-0.25, -0.2) is 4.79 Å². The zero-order valence-corrected chi connectivity index (χ0v) is 15.4. The summed E-state index contributed by atoms with van der Waals surface area (Å²) in [7, 11) is 1.41. The minimum Gasteiger partial charge on any atom is -0.465 e. The van der Waals surface area contributed by atoms with Gasteiger partial charge < -0.3 is 9.15 Å². The second-order valence-electron chi connectivity index (χ2n) is 6.76. The lowest BCUT2D eigenvalue weighted by molar-refractivity contribution is 0.0597. The van der Waals surface area contributed by atoms with Crippen molar-refractivity contribution in [3.05, 3.63) is 70.6 Å². The van der Waals surface area contributed by atoms with E-state index in [0.717, 1.165) is 24.1 Å². The molecule has 0 unspecified atom stereocenters. The molecule has 0 amide bonds. The summed E-state index contributed by atoms with van der Waals surface area (Å²) in [6.45, 7) is 4.12. The molecule has 2 aromatic carbocycles. The van der Waals surface area contributed by atoms with Crippen LogP contribution in [0.3, 0.4) is 0 Å². The lowest BCUT2D eigenvalue weighted by atomic mass is 9.95. The summed E-state index contributed by atoms with van der Waals surface area (Å²) in [5, 5.41) is 8.36. The van der Waals surface area contributed by atoms with E-state index in [0.29, 0.717) is 30.4 Å². The Morgan fingerprint density at radius 3 is 2.78 bits per heavy atom. The second-order valence-corrected chi connectivity index (χ2v) is 6.76. The molecule has 3 aromatic rings. The van der Waals surface area contributed by atoms with Crippen LogP contribution in [-0.4, -0.2) is 34.7 Å². The fourth-order valence-electron chi connectivity index (χ4n) is 3.39. The van der Waals surface area contributed by atoms with Gasteiger partial charge in [0, 0.05) is 18.7 Å². The maximum Gasteiger partial charge on any atom is 0.338 e. The van der Waals surface area contributed by atoms with Gasteiger partial charge in [-0.05, 0) is 42.7 Å². The molecule has 0 radical (unpaired) electrons. The first kappa shape index (κ1) is 17.4. The number of nitrogens with zero attached hydrogens (tertiary/aromatic N) is 3. The molecule has 0 aliphatic carbocycles. The van der Waals surface area contributed by atoms with Gasteiger partial charge in [-0.2, -0.15) is 0 Å². The van der Waals surface area contributed by atoms with E-state index in [4.69, 9.17) is 9.15 Å². The van der Waals surface area contributed by atoms with Crippen molar-refractivity contribution in [3.63, 3.8) is 0 Å². The third-order valence-electron chi connectivity index (χ3n) is 4.88. The second kappa shape index (κ2) is 7.32. The van der Waals surface area contributed by atoms with E-state index in [9.17, 15) is 4.79 Å². The number of esters is 1. The molecule has 0 bridgehead atoms. The monoisotopic (exact) mass is 363 g/mol. The Kier molecular flexibility index (Phi) is 4.73. The number of hydrogen-bond donors (Lipinski definition) is 0. The molecule has 2 heterocycles. The number of ether oxygens (including phenoxy) is 1. The maximum atomic E-state index is 12.1. The standard InChI is InChI=1S/C21H21N3O3/c1-14-6-8-16(9-7-14)20-23-22-19(27-20)13-24-11-10-15-4-3-5-17(18(15)12-24)21(25)26-2/h3-9H,10-13H2,1-2H3. The van der Waals surface area contributed by atoms with Crippen LogP contribution in [0.25, 0.3) is 11.5 Å². The number of aromatic nitrogens is 2. The van der Waals surface area contributed by atoms with E-state index in [-0.39, 0.29) is 5.97 Å². The number of carbonyl (C=O) groups excluding carboxylic acids is 1. The van der Waals surface area contributed by atoms with Crippen LogP contribution in [-0.2, 0) is 24.2 Å². The number of hydrogen-bond acceptors (Lipinski definition) is 6. The Labute approximate surface area is 157 Å². The average molecular weight is 363 g/mol. The summed E-state index contributed by atoms with van der Waals surface area (Å²) >= 11 is 0. The normalized spacial score (nSPS) is 14.0. The molecular weight excluding hydrogens is 342 g/mol. The summed E-state index contributed by atoms with van der Waals surface area (Å²) in [5.41, 5.74) is 4.95. The van der Waals surface area contributed by atoms with Crippen LogP contribution in [0.1, 0.15) is 32.9 Å². The van der Waals surface area contributed by atoms with Crippen molar-refractivity contribution >= 4 is 5.97 Å². The molecule has 6 nitrogen and oxygen atoms in total. The molecule has 6 heteroatoms. The van der Waals surface area contributed by atoms with Gasteiger partial charge in [0.2, 0.25) is 11.8 Å². The highest BCUT2D eigenvalue weighted by molar-refractivity contribution is 5.91. The van der Waals surface area contributed by atoms with E-state index in [1.54, 1.807) is 0 Å². The van der Waals surface area contributed by atoms with Crippen molar-refractivity contribution in [1.82, 2.24) is 15.1 Å². The van der Waals surface area contributed by atoms with Gasteiger partial charge in [0.15, 0.2) is 0 Å². The highest BCUT2D eigenvalue weighted by Gasteiger charge is 2.23. The van der Waals surface area contributed by atoms with Crippen LogP contribution in [0, 0.1) is 6.92 Å². The average Bonchev–Trinajstić information content (AvgIpc) is 3.16. The number of fused-ring (bicyclic) bond motifs is 1. The Morgan fingerprint density at radius 1 is 1.19 bits per heavy atom. The van der Waals surface area contributed by atoms with Gasteiger partial charge in [0.1, 0.15) is 0 Å². The highest BCUT2D eigenvalue weighted by atomic mass is 16.5. The first-order valence-electron chi connectivity index (χ1n) is 8.95. The molecule has 27 heavy (non-hydrogen) atoms. The Morgan fingerprint density at radius 2 is 2.00 bits per heavy atom. The molecule has 0 saturated carbocycles. The summed E-state index contributed by atoms with van der Waals surface area (Å²) in [5.74, 6) is 0.801. The van der Waals surface area contributed by atoms with Gasteiger partial charge in [-0.15, -0.1) is 10.2 Å². The first-order chi connectivity index (χ1) is 13.1. The van der Waals surface area contributed by atoms with E-state index in [1.807, 2.05) is 43.3 Å². The maximum absolute atomic E-state index is 12.1. The lowest BCUT2D eigenvalue weighted by Crippen LogP contribution is -2.31. The molecule has 1 aliphatic heterocycles. The summed E-state index contributed by atoms with van der Waals surface area (Å²) < 4.78 is 10.8. The molecule has 0 spiro atoms.